The van der Waals surface area contributed by atoms with Crippen LogP contribution in [-0.4, -0.2) is 64.3 Å². The van der Waals surface area contributed by atoms with E-state index in [1.165, 1.54) is 38.6 Å². The van der Waals surface area contributed by atoms with Gasteiger partial charge in [-0.15, -0.1) is 24.0 Å². The van der Waals surface area contributed by atoms with Gasteiger partial charge in [0, 0.05) is 13.1 Å². The van der Waals surface area contributed by atoms with Crippen LogP contribution in [0.15, 0.2) is 29.3 Å². The van der Waals surface area contributed by atoms with E-state index < -0.39 is 0 Å². The number of aliphatic imine (C=N–C) groups is 1. The Morgan fingerprint density at radius 1 is 1.03 bits per heavy atom. The largest absolute Gasteiger partial charge is 0.493 e. The summed E-state index contributed by atoms with van der Waals surface area (Å²) >= 11 is 0. The van der Waals surface area contributed by atoms with Crippen molar-refractivity contribution in [2.45, 2.75) is 52.1 Å². The molecule has 1 aromatic rings. The molecule has 0 bridgehead atoms. The van der Waals surface area contributed by atoms with E-state index in [0.717, 1.165) is 30.5 Å². The molecule has 0 aliphatic rings. The molecule has 1 rings (SSSR count). The summed E-state index contributed by atoms with van der Waals surface area (Å²) in [4.78, 5) is 6.90. The van der Waals surface area contributed by atoms with Gasteiger partial charge in [-0.2, -0.15) is 0 Å². The molecule has 1 aromatic carbocycles. The molecule has 0 aliphatic carbocycles. The third kappa shape index (κ3) is 13.6. The maximum Gasteiger partial charge on any atom is 0.191 e. The van der Waals surface area contributed by atoms with E-state index in [1.54, 1.807) is 7.11 Å². The number of ether oxygens (including phenoxy) is 2. The van der Waals surface area contributed by atoms with Crippen LogP contribution in [-0.2, 0) is 0 Å². The Bertz CT molecular complexity index is 555. The molecule has 168 valence electrons. The van der Waals surface area contributed by atoms with Gasteiger partial charge in [-0.1, -0.05) is 31.4 Å². The molecule has 1 atom stereocenters. The Labute approximate surface area is 194 Å². The van der Waals surface area contributed by atoms with Crippen molar-refractivity contribution in [2.24, 2.45) is 4.99 Å². The van der Waals surface area contributed by atoms with E-state index in [2.05, 4.69) is 41.5 Å². The third-order valence-corrected chi connectivity index (χ3v) is 4.32. The van der Waals surface area contributed by atoms with Crippen LogP contribution >= 0.6 is 24.0 Å². The molecule has 2 N–H and O–H groups in total. The molecule has 0 saturated heterocycles. The number of rotatable bonds is 14. The molecule has 0 fully saturated rings. The van der Waals surface area contributed by atoms with Crippen LogP contribution < -0.4 is 20.1 Å². The van der Waals surface area contributed by atoms with Crippen LogP contribution in [0, 0.1) is 0 Å². The quantitative estimate of drug-likeness (QED) is 0.167. The molecule has 0 spiro atoms. The van der Waals surface area contributed by atoms with Crippen molar-refractivity contribution in [3.63, 3.8) is 0 Å². The highest BCUT2D eigenvalue weighted by atomic mass is 127. The smallest absolute Gasteiger partial charge is 0.191 e. The predicted molar refractivity (Wildman–Crippen MR) is 134 cm³/mol. The summed E-state index contributed by atoms with van der Waals surface area (Å²) in [5, 5.41) is 6.72. The number of para-hydroxylation sites is 2. The summed E-state index contributed by atoms with van der Waals surface area (Å²) < 4.78 is 11.3. The summed E-state index contributed by atoms with van der Waals surface area (Å²) in [5.74, 6) is 2.35. The molecule has 0 aromatic heterocycles. The van der Waals surface area contributed by atoms with Crippen molar-refractivity contribution >= 4 is 29.9 Å². The molecule has 1 unspecified atom stereocenters. The number of methoxy groups -OCH3 is 1. The summed E-state index contributed by atoms with van der Waals surface area (Å²) in [6.45, 7) is 7.66. The van der Waals surface area contributed by atoms with E-state index in [9.17, 15) is 0 Å². The number of hydrogen-bond donors (Lipinski definition) is 2. The van der Waals surface area contributed by atoms with Gasteiger partial charge in [-0.05, 0) is 59.5 Å². The van der Waals surface area contributed by atoms with Crippen molar-refractivity contribution < 1.29 is 9.47 Å². The van der Waals surface area contributed by atoms with Gasteiger partial charge in [0.25, 0.3) is 0 Å². The zero-order valence-corrected chi connectivity index (χ0v) is 21.2. The second-order valence-corrected chi connectivity index (χ2v) is 7.30. The molecule has 0 amide bonds. The lowest BCUT2D eigenvalue weighted by atomic mass is 10.1. The van der Waals surface area contributed by atoms with E-state index in [-0.39, 0.29) is 30.1 Å². The van der Waals surface area contributed by atoms with Gasteiger partial charge >= 0.3 is 0 Å². The minimum Gasteiger partial charge on any atom is -0.493 e. The number of nitrogens with zero attached hydrogens (tertiary/aromatic N) is 2. The van der Waals surface area contributed by atoms with Crippen LogP contribution in [0.3, 0.4) is 0 Å². The van der Waals surface area contributed by atoms with Gasteiger partial charge < -0.3 is 25.0 Å². The zero-order chi connectivity index (χ0) is 20.6. The summed E-state index contributed by atoms with van der Waals surface area (Å²) in [7, 11) is 5.92. The average Bonchev–Trinajstić information content (AvgIpc) is 2.68. The fourth-order valence-electron chi connectivity index (χ4n) is 2.82. The highest BCUT2D eigenvalue weighted by Crippen LogP contribution is 2.26. The van der Waals surface area contributed by atoms with Crippen molar-refractivity contribution in [1.29, 1.82) is 0 Å². The Kier molecular flexibility index (Phi) is 16.9. The lowest BCUT2D eigenvalue weighted by Gasteiger charge is -2.16. The lowest BCUT2D eigenvalue weighted by Crippen LogP contribution is -2.38. The van der Waals surface area contributed by atoms with Crippen molar-refractivity contribution in [3.8, 4) is 11.5 Å². The Morgan fingerprint density at radius 3 is 2.34 bits per heavy atom. The molecule has 6 nitrogen and oxygen atoms in total. The fourth-order valence-corrected chi connectivity index (χ4v) is 2.82. The van der Waals surface area contributed by atoms with Gasteiger partial charge in [0.15, 0.2) is 17.5 Å². The predicted octanol–water partition coefficient (Wildman–Crippen LogP) is 4.15. The second kappa shape index (κ2) is 17.6. The van der Waals surface area contributed by atoms with Crippen LogP contribution in [0.2, 0.25) is 0 Å². The molecule has 0 aliphatic heterocycles. The first kappa shape index (κ1) is 27.8. The molecule has 29 heavy (non-hydrogen) atoms. The van der Waals surface area contributed by atoms with Gasteiger partial charge in [0.2, 0.25) is 0 Å². The fraction of sp³-hybridized carbons (Fsp3) is 0.682. The maximum atomic E-state index is 5.97. The highest BCUT2D eigenvalue weighted by molar-refractivity contribution is 14.0. The SMILES string of the molecule is CCNC(=NCC(C)Oc1ccccc1OC)NCCCCCCCN(C)C.I. The van der Waals surface area contributed by atoms with E-state index >= 15 is 0 Å². The van der Waals surface area contributed by atoms with Crippen LogP contribution in [0.25, 0.3) is 0 Å². The molecule has 0 saturated carbocycles. The van der Waals surface area contributed by atoms with Crippen molar-refractivity contribution in [3.05, 3.63) is 24.3 Å². The van der Waals surface area contributed by atoms with Crippen LogP contribution in [0.4, 0.5) is 0 Å². The number of benzene rings is 1. The zero-order valence-electron chi connectivity index (χ0n) is 18.9. The number of nitrogens with one attached hydrogen (secondary N) is 2. The highest BCUT2D eigenvalue weighted by Gasteiger charge is 2.08. The summed E-state index contributed by atoms with van der Waals surface area (Å²) in [6.07, 6.45) is 6.28. The average molecular weight is 521 g/mol. The van der Waals surface area contributed by atoms with Gasteiger partial charge in [0.05, 0.1) is 13.7 Å². The summed E-state index contributed by atoms with van der Waals surface area (Å²) in [6, 6.07) is 7.70. The van der Waals surface area contributed by atoms with E-state index in [4.69, 9.17) is 9.47 Å². The molecule has 0 heterocycles. The van der Waals surface area contributed by atoms with E-state index in [0.29, 0.717) is 6.54 Å². The minimum absolute atomic E-state index is 0. The Balaban J connectivity index is 0.00000784. The monoisotopic (exact) mass is 520 g/mol. The molecular formula is C22H41IN4O2. The Morgan fingerprint density at radius 2 is 1.69 bits per heavy atom. The van der Waals surface area contributed by atoms with Gasteiger partial charge in [-0.3, -0.25) is 0 Å². The van der Waals surface area contributed by atoms with Crippen LogP contribution in [0.1, 0.15) is 46.0 Å². The lowest BCUT2D eigenvalue weighted by molar-refractivity contribution is 0.219. The van der Waals surface area contributed by atoms with Crippen molar-refractivity contribution in [2.75, 3.05) is 47.4 Å². The number of guanidine groups is 1. The number of halogens is 1. The first-order valence-electron chi connectivity index (χ1n) is 10.5. The molecular weight excluding hydrogens is 479 g/mol. The topological polar surface area (TPSA) is 58.1 Å². The molecule has 7 heteroatoms. The second-order valence-electron chi connectivity index (χ2n) is 7.30. The minimum atomic E-state index is -0.0385. The maximum absolute atomic E-state index is 5.97. The first-order valence-corrected chi connectivity index (χ1v) is 10.5. The first-order chi connectivity index (χ1) is 13.6. The standard InChI is InChI=1S/C22H40N4O2.HI/c1-6-23-22(24-16-12-8-7-9-13-17-26(3)4)25-18-19(2)28-21-15-11-10-14-20(21)27-5;/h10-11,14-15,19H,6-9,12-13,16-18H2,1-5H3,(H2,23,24,25);1H. The van der Waals surface area contributed by atoms with Crippen molar-refractivity contribution in [1.82, 2.24) is 15.5 Å². The number of hydrogen-bond acceptors (Lipinski definition) is 4. The van der Waals surface area contributed by atoms with Crippen LogP contribution in [0.5, 0.6) is 11.5 Å². The summed E-state index contributed by atoms with van der Waals surface area (Å²) in [5.41, 5.74) is 0. The Hall–Kier alpha value is -1.22. The number of unbranched alkanes of at least 4 members (excludes halogenated alkanes) is 4. The normalized spacial score (nSPS) is 12.3. The molecule has 0 radical (unpaired) electrons. The van der Waals surface area contributed by atoms with Gasteiger partial charge in [0.1, 0.15) is 6.10 Å². The van der Waals surface area contributed by atoms with Gasteiger partial charge in [-0.25, -0.2) is 4.99 Å². The third-order valence-electron chi connectivity index (χ3n) is 4.32. The van der Waals surface area contributed by atoms with E-state index in [1.807, 2.05) is 31.2 Å².